The summed E-state index contributed by atoms with van der Waals surface area (Å²) in [5.74, 6) is 0.154. The molecule has 6 aromatic rings. The summed E-state index contributed by atoms with van der Waals surface area (Å²) in [5.41, 5.74) is 4.52. The van der Waals surface area contributed by atoms with Crippen LogP contribution in [0.25, 0.3) is 33.0 Å². The average Bonchev–Trinajstić information content (AvgIpc) is 3.33. The fourth-order valence-electron chi connectivity index (χ4n) is 3.95. The second-order valence-electron chi connectivity index (χ2n) is 7.44. The number of H-pyrrole nitrogens is 1. The maximum Gasteiger partial charge on any atom is 0.289 e. The number of hydrogen-bond acceptors (Lipinski definition) is 6. The zero-order valence-corrected chi connectivity index (χ0v) is 16.8. The minimum absolute atomic E-state index is 0.0402. The Balaban J connectivity index is 1.42. The normalized spacial score (nSPS) is 11.9. The smallest absolute Gasteiger partial charge is 0.289 e. The Morgan fingerprint density at radius 3 is 2.44 bits per heavy atom. The lowest BCUT2D eigenvalue weighted by atomic mass is 10.2. The number of aromatic nitrogens is 5. The van der Waals surface area contributed by atoms with Gasteiger partial charge in [-0.25, -0.2) is 0 Å². The predicted molar refractivity (Wildman–Crippen MR) is 123 cm³/mol. The van der Waals surface area contributed by atoms with Crippen LogP contribution in [0.3, 0.4) is 0 Å². The lowest BCUT2D eigenvalue weighted by Crippen LogP contribution is -1.98. The van der Waals surface area contributed by atoms with Crippen molar-refractivity contribution in [2.75, 3.05) is 0 Å². The predicted octanol–water partition coefficient (Wildman–Crippen LogP) is 5.63. The number of rotatable bonds is 4. The second kappa shape index (κ2) is 7.28. The van der Waals surface area contributed by atoms with Gasteiger partial charge >= 0.3 is 0 Å². The van der Waals surface area contributed by atoms with E-state index >= 15 is 0 Å². The molecule has 0 aliphatic carbocycles. The molecule has 0 bridgehead atoms. The van der Waals surface area contributed by atoms with Gasteiger partial charge < -0.3 is 14.7 Å². The lowest BCUT2D eigenvalue weighted by molar-refractivity contribution is 0.429. The molecule has 154 valence electrons. The molecule has 0 radical (unpaired) electrons. The molecule has 2 N–H and O–H groups in total. The van der Waals surface area contributed by atoms with Crippen LogP contribution < -0.4 is 0 Å². The summed E-state index contributed by atoms with van der Waals surface area (Å²) >= 11 is 0. The van der Waals surface area contributed by atoms with Gasteiger partial charge in [0, 0.05) is 16.3 Å². The molecular weight excluding hydrogens is 402 g/mol. The van der Waals surface area contributed by atoms with Crippen LogP contribution in [0, 0.1) is 0 Å². The maximum atomic E-state index is 11.0. The summed E-state index contributed by atoms with van der Waals surface area (Å²) in [7, 11) is 0. The minimum atomic E-state index is 0.0402. The van der Waals surface area contributed by atoms with Crippen molar-refractivity contribution in [2.24, 2.45) is 10.2 Å². The zero-order chi connectivity index (χ0) is 21.5. The summed E-state index contributed by atoms with van der Waals surface area (Å²) in [5, 5.41) is 29.6. The molecule has 8 heteroatoms. The monoisotopic (exact) mass is 419 g/mol. The molecule has 0 aliphatic rings. The summed E-state index contributed by atoms with van der Waals surface area (Å²) in [6, 6.07) is 25.5. The molecule has 8 nitrogen and oxygen atoms in total. The van der Waals surface area contributed by atoms with Crippen molar-refractivity contribution >= 4 is 44.6 Å². The summed E-state index contributed by atoms with van der Waals surface area (Å²) < 4.78 is 1.82. The summed E-state index contributed by atoms with van der Waals surface area (Å²) in [6.07, 6.45) is 0. The highest BCUT2D eigenvalue weighted by Crippen LogP contribution is 2.39. The molecule has 0 aliphatic heterocycles. The lowest BCUT2D eigenvalue weighted by Gasteiger charge is -2.06. The van der Waals surface area contributed by atoms with E-state index < -0.39 is 0 Å². The topological polar surface area (TPSA) is 104 Å². The Morgan fingerprint density at radius 1 is 0.812 bits per heavy atom. The van der Waals surface area contributed by atoms with Crippen LogP contribution >= 0.6 is 0 Å². The highest BCUT2D eigenvalue weighted by Gasteiger charge is 2.17. The molecule has 0 amide bonds. The summed E-state index contributed by atoms with van der Waals surface area (Å²) in [4.78, 5) is 7.65. The summed E-state index contributed by atoms with van der Waals surface area (Å²) in [6.45, 7) is 0.516. The molecule has 3 heterocycles. The van der Waals surface area contributed by atoms with Gasteiger partial charge in [0.2, 0.25) is 5.88 Å². The zero-order valence-electron chi connectivity index (χ0n) is 16.8. The minimum Gasteiger partial charge on any atom is -0.493 e. The third-order valence-corrected chi connectivity index (χ3v) is 5.45. The average molecular weight is 419 g/mol. The molecule has 0 fully saturated rings. The molecule has 0 saturated heterocycles. The maximum absolute atomic E-state index is 11.0. The van der Waals surface area contributed by atoms with Crippen LogP contribution in [0.15, 0.2) is 89.1 Å². The fraction of sp³-hybridized carbons (Fsp3) is 0.0417. The number of para-hydroxylation sites is 2. The van der Waals surface area contributed by atoms with Crippen LogP contribution in [0.1, 0.15) is 5.56 Å². The molecule has 0 saturated carbocycles. The molecule has 0 unspecified atom stereocenters. The van der Waals surface area contributed by atoms with Gasteiger partial charge in [0.1, 0.15) is 5.52 Å². The van der Waals surface area contributed by atoms with Crippen molar-refractivity contribution in [3.63, 3.8) is 0 Å². The van der Waals surface area contributed by atoms with Crippen molar-refractivity contribution in [3.8, 4) is 5.88 Å². The van der Waals surface area contributed by atoms with Crippen molar-refractivity contribution in [2.45, 2.75) is 6.54 Å². The number of aromatic hydroxyl groups is 1. The van der Waals surface area contributed by atoms with E-state index in [0.29, 0.717) is 23.4 Å². The highest BCUT2D eigenvalue weighted by molar-refractivity contribution is 6.03. The number of aromatic amines is 1. The van der Waals surface area contributed by atoms with E-state index in [1.54, 1.807) is 0 Å². The second-order valence-corrected chi connectivity index (χ2v) is 7.44. The molecule has 32 heavy (non-hydrogen) atoms. The van der Waals surface area contributed by atoms with Crippen molar-refractivity contribution in [1.82, 2.24) is 24.7 Å². The third kappa shape index (κ3) is 2.97. The fourth-order valence-corrected chi connectivity index (χ4v) is 3.95. The van der Waals surface area contributed by atoms with Crippen LogP contribution in [0.2, 0.25) is 0 Å². The van der Waals surface area contributed by atoms with Gasteiger partial charge in [-0.1, -0.05) is 66.7 Å². The number of fused-ring (bicyclic) bond motifs is 4. The largest absolute Gasteiger partial charge is 0.493 e. The third-order valence-electron chi connectivity index (χ3n) is 5.45. The highest BCUT2D eigenvalue weighted by atomic mass is 16.3. The van der Waals surface area contributed by atoms with Gasteiger partial charge in [-0.3, -0.25) is 0 Å². The van der Waals surface area contributed by atoms with E-state index in [1.807, 2.05) is 83.4 Å². The Kier molecular flexibility index (Phi) is 4.14. The Bertz CT molecular complexity index is 1620. The van der Waals surface area contributed by atoms with E-state index in [9.17, 15) is 5.11 Å². The number of nitrogens with one attached hydrogen (secondary N) is 1. The number of hydrogen-bond donors (Lipinski definition) is 2. The first-order valence-electron chi connectivity index (χ1n) is 10.1. The van der Waals surface area contributed by atoms with Crippen LogP contribution in [0.4, 0.5) is 11.6 Å². The van der Waals surface area contributed by atoms with Crippen LogP contribution in [-0.4, -0.2) is 29.8 Å². The van der Waals surface area contributed by atoms with E-state index in [1.165, 1.54) is 0 Å². The first-order chi connectivity index (χ1) is 15.8. The van der Waals surface area contributed by atoms with Crippen molar-refractivity contribution in [1.29, 1.82) is 0 Å². The van der Waals surface area contributed by atoms with Crippen LogP contribution in [0.5, 0.6) is 5.88 Å². The Morgan fingerprint density at radius 2 is 1.56 bits per heavy atom. The number of azo groups is 1. The Hall–Kier alpha value is -4.59. The van der Waals surface area contributed by atoms with E-state index in [0.717, 1.165) is 27.4 Å². The van der Waals surface area contributed by atoms with Gasteiger partial charge in [0.05, 0.1) is 12.1 Å². The van der Waals surface area contributed by atoms with Crippen LogP contribution in [-0.2, 0) is 6.54 Å². The molecule has 0 atom stereocenters. The Labute approximate surface area is 181 Å². The molecule has 0 spiro atoms. The van der Waals surface area contributed by atoms with E-state index in [4.69, 9.17) is 0 Å². The molecule has 3 aromatic heterocycles. The van der Waals surface area contributed by atoms with E-state index in [2.05, 4.69) is 30.4 Å². The number of benzene rings is 3. The first-order valence-corrected chi connectivity index (χ1v) is 10.1. The standard InChI is InChI=1S/C24H17N7O/c32-23-21(17-11-5-7-13-19(17)31(23)14-15-8-2-1-3-9-15)28-30-24-26-22-20(27-29-24)16-10-4-6-12-18(16)25-22/h1-13,32H,14H2,(H,25,26,29). The molecular formula is C24H17N7O. The van der Waals surface area contributed by atoms with Gasteiger partial charge in [-0.05, 0) is 17.7 Å². The van der Waals surface area contributed by atoms with E-state index in [-0.39, 0.29) is 11.8 Å². The molecule has 6 rings (SSSR count). The SMILES string of the molecule is Oc1c(N=Nc2nnc3c(n2)[nH]c2ccccc23)c2ccccc2n1Cc1ccccc1. The van der Waals surface area contributed by atoms with Gasteiger partial charge in [0.15, 0.2) is 11.3 Å². The van der Waals surface area contributed by atoms with Crippen molar-refractivity contribution in [3.05, 3.63) is 84.4 Å². The van der Waals surface area contributed by atoms with Crippen molar-refractivity contribution < 1.29 is 5.11 Å². The van der Waals surface area contributed by atoms with Gasteiger partial charge in [-0.2, -0.15) is 4.98 Å². The van der Waals surface area contributed by atoms with Gasteiger partial charge in [-0.15, -0.1) is 20.4 Å². The van der Waals surface area contributed by atoms with Gasteiger partial charge in [0.25, 0.3) is 5.95 Å². The molecule has 3 aromatic carbocycles. The number of nitrogens with zero attached hydrogens (tertiary/aromatic N) is 6. The first kappa shape index (κ1) is 18.2. The quantitative estimate of drug-likeness (QED) is 0.361.